The molecule has 1 aromatic rings. The summed E-state index contributed by atoms with van der Waals surface area (Å²) in [5, 5.41) is 0.348. The summed E-state index contributed by atoms with van der Waals surface area (Å²) in [7, 11) is 1.21. The van der Waals surface area contributed by atoms with Crippen molar-refractivity contribution in [3.8, 4) is 5.75 Å². The highest BCUT2D eigenvalue weighted by molar-refractivity contribution is 9.10. The van der Waals surface area contributed by atoms with Gasteiger partial charge in [0.15, 0.2) is 0 Å². The van der Waals surface area contributed by atoms with Gasteiger partial charge in [0, 0.05) is 9.80 Å². The molecule has 0 radical (unpaired) electrons. The Bertz CT molecular complexity index is 363. The van der Waals surface area contributed by atoms with E-state index in [9.17, 15) is 13.2 Å². The second-order valence-electron chi connectivity index (χ2n) is 2.78. The Balaban J connectivity index is 3.36. The Morgan fingerprint density at radius 2 is 1.93 bits per heavy atom. The highest BCUT2D eigenvalue weighted by Crippen LogP contribution is 2.39. The third-order valence-electron chi connectivity index (χ3n) is 1.82. The van der Waals surface area contributed by atoms with E-state index < -0.39 is 11.7 Å². The first kappa shape index (κ1) is 12.8. The van der Waals surface area contributed by atoms with E-state index in [0.717, 1.165) is 6.07 Å². The number of hydrogen-bond acceptors (Lipinski definition) is 1. The summed E-state index contributed by atoms with van der Waals surface area (Å²) in [6.45, 7) is 0. The average Bonchev–Trinajstić information content (AvgIpc) is 2.15. The van der Waals surface area contributed by atoms with E-state index in [0.29, 0.717) is 15.4 Å². The van der Waals surface area contributed by atoms with Crippen molar-refractivity contribution in [2.24, 2.45) is 0 Å². The third-order valence-corrected chi connectivity index (χ3v) is 3.16. The molecule has 0 heterocycles. The van der Waals surface area contributed by atoms with E-state index in [1.54, 1.807) is 0 Å². The standard InChI is InChI=1S/C9H7Br2F3O/c1-15-8-3-7(11)5(4-10)2-6(8)9(12,13)14/h2-3H,4H2,1H3. The number of rotatable bonds is 2. The van der Waals surface area contributed by atoms with Crippen molar-refractivity contribution in [2.75, 3.05) is 7.11 Å². The lowest BCUT2D eigenvalue weighted by atomic mass is 10.1. The topological polar surface area (TPSA) is 9.23 Å². The molecule has 15 heavy (non-hydrogen) atoms. The van der Waals surface area contributed by atoms with Crippen molar-refractivity contribution in [3.05, 3.63) is 27.7 Å². The summed E-state index contributed by atoms with van der Waals surface area (Å²) in [5.41, 5.74) is -0.231. The van der Waals surface area contributed by atoms with Gasteiger partial charge < -0.3 is 4.74 Å². The van der Waals surface area contributed by atoms with E-state index in [1.165, 1.54) is 13.2 Å². The molecule has 84 valence electrons. The molecular weight excluding hydrogens is 341 g/mol. The molecule has 6 heteroatoms. The Kier molecular flexibility index (Phi) is 4.06. The molecule has 0 saturated carbocycles. The van der Waals surface area contributed by atoms with Crippen molar-refractivity contribution in [3.63, 3.8) is 0 Å². The van der Waals surface area contributed by atoms with Crippen LogP contribution in [0.2, 0.25) is 0 Å². The predicted octanol–water partition coefficient (Wildman–Crippen LogP) is 4.37. The molecule has 0 aromatic heterocycles. The van der Waals surface area contributed by atoms with Crippen molar-refractivity contribution in [2.45, 2.75) is 11.5 Å². The third kappa shape index (κ3) is 2.87. The van der Waals surface area contributed by atoms with Crippen LogP contribution in [0, 0.1) is 0 Å². The zero-order valence-electron chi connectivity index (χ0n) is 7.66. The SMILES string of the molecule is COc1cc(Br)c(CBr)cc1C(F)(F)F. The molecule has 1 nitrogen and oxygen atoms in total. The highest BCUT2D eigenvalue weighted by atomic mass is 79.9. The number of halogens is 5. The van der Waals surface area contributed by atoms with Crippen LogP contribution in [0.1, 0.15) is 11.1 Å². The Morgan fingerprint density at radius 3 is 2.33 bits per heavy atom. The molecule has 0 aliphatic rings. The van der Waals surface area contributed by atoms with E-state index >= 15 is 0 Å². The lowest BCUT2D eigenvalue weighted by Crippen LogP contribution is -2.08. The van der Waals surface area contributed by atoms with Gasteiger partial charge in [-0.3, -0.25) is 0 Å². The van der Waals surface area contributed by atoms with E-state index in [-0.39, 0.29) is 5.75 Å². The predicted molar refractivity (Wildman–Crippen MR) is 58.3 cm³/mol. The second-order valence-corrected chi connectivity index (χ2v) is 4.19. The van der Waals surface area contributed by atoms with Crippen molar-refractivity contribution >= 4 is 31.9 Å². The zero-order valence-corrected chi connectivity index (χ0v) is 10.8. The van der Waals surface area contributed by atoms with Gasteiger partial charge in [-0.05, 0) is 17.7 Å². The molecule has 0 aliphatic carbocycles. The molecule has 0 aliphatic heterocycles. The molecule has 0 N–H and O–H groups in total. The summed E-state index contributed by atoms with van der Waals surface area (Å²) in [5.74, 6) is -0.181. The lowest BCUT2D eigenvalue weighted by Gasteiger charge is -2.14. The molecule has 0 fully saturated rings. The summed E-state index contributed by atoms with van der Waals surface area (Å²) >= 11 is 6.29. The normalized spacial score (nSPS) is 11.6. The van der Waals surface area contributed by atoms with Gasteiger partial charge in [0.1, 0.15) is 5.75 Å². The quantitative estimate of drug-likeness (QED) is 0.722. The highest BCUT2D eigenvalue weighted by Gasteiger charge is 2.34. The maximum absolute atomic E-state index is 12.6. The van der Waals surface area contributed by atoms with Gasteiger partial charge in [-0.15, -0.1) is 0 Å². The monoisotopic (exact) mass is 346 g/mol. The van der Waals surface area contributed by atoms with Crippen molar-refractivity contribution in [1.29, 1.82) is 0 Å². The second kappa shape index (κ2) is 4.74. The van der Waals surface area contributed by atoms with E-state index in [1.807, 2.05) is 0 Å². The van der Waals surface area contributed by atoms with E-state index in [4.69, 9.17) is 0 Å². The molecule has 0 atom stereocenters. The van der Waals surface area contributed by atoms with Crippen LogP contribution in [-0.4, -0.2) is 7.11 Å². The van der Waals surface area contributed by atoms with Gasteiger partial charge in [-0.2, -0.15) is 13.2 Å². The van der Waals surface area contributed by atoms with Gasteiger partial charge in [-0.1, -0.05) is 31.9 Å². The molecule has 0 bridgehead atoms. The minimum atomic E-state index is -4.40. The van der Waals surface area contributed by atoms with Crippen LogP contribution in [-0.2, 0) is 11.5 Å². The molecule has 1 aromatic carbocycles. The van der Waals surface area contributed by atoms with Crippen LogP contribution in [0.25, 0.3) is 0 Å². The summed E-state index contributed by atoms with van der Waals surface area (Å²) in [6, 6.07) is 2.39. The molecular formula is C9H7Br2F3O. The largest absolute Gasteiger partial charge is 0.496 e. The number of benzene rings is 1. The maximum atomic E-state index is 12.6. The van der Waals surface area contributed by atoms with Crippen molar-refractivity contribution < 1.29 is 17.9 Å². The Hall–Kier alpha value is -0.230. The molecule has 0 amide bonds. The molecule has 0 saturated heterocycles. The first-order chi connectivity index (χ1) is 6.90. The van der Waals surface area contributed by atoms with Crippen LogP contribution in [0.5, 0.6) is 5.75 Å². The minimum absolute atomic E-state index is 0.181. The summed E-state index contributed by atoms with van der Waals surface area (Å²) in [4.78, 5) is 0. The molecule has 0 spiro atoms. The number of alkyl halides is 4. The Morgan fingerprint density at radius 1 is 1.33 bits per heavy atom. The number of methoxy groups -OCH3 is 1. The van der Waals surface area contributed by atoms with Gasteiger partial charge in [0.2, 0.25) is 0 Å². The summed E-state index contributed by atoms with van der Waals surface area (Å²) < 4.78 is 43.0. The van der Waals surface area contributed by atoms with Crippen LogP contribution in [0.15, 0.2) is 16.6 Å². The van der Waals surface area contributed by atoms with Crippen LogP contribution in [0.4, 0.5) is 13.2 Å². The fourth-order valence-corrected chi connectivity index (χ4v) is 2.40. The Labute approximate surface area is 102 Å². The average molecular weight is 348 g/mol. The first-order valence-corrected chi connectivity index (χ1v) is 5.81. The number of ether oxygens (including phenoxy) is 1. The van der Waals surface area contributed by atoms with E-state index in [2.05, 4.69) is 36.6 Å². The fraction of sp³-hybridized carbons (Fsp3) is 0.333. The van der Waals surface area contributed by atoms with Gasteiger partial charge in [0.25, 0.3) is 0 Å². The lowest BCUT2D eigenvalue weighted by molar-refractivity contribution is -0.138. The van der Waals surface area contributed by atoms with Gasteiger partial charge in [0.05, 0.1) is 12.7 Å². The van der Waals surface area contributed by atoms with Gasteiger partial charge >= 0.3 is 6.18 Å². The minimum Gasteiger partial charge on any atom is -0.496 e. The first-order valence-electron chi connectivity index (χ1n) is 3.89. The maximum Gasteiger partial charge on any atom is 0.419 e. The molecule has 0 unspecified atom stereocenters. The van der Waals surface area contributed by atoms with Crippen LogP contribution < -0.4 is 4.74 Å². The molecule has 1 rings (SSSR count). The summed E-state index contributed by atoms with van der Waals surface area (Å²) in [6.07, 6.45) is -4.40. The zero-order chi connectivity index (χ0) is 11.6. The van der Waals surface area contributed by atoms with Crippen LogP contribution >= 0.6 is 31.9 Å². The van der Waals surface area contributed by atoms with Crippen molar-refractivity contribution in [1.82, 2.24) is 0 Å². The van der Waals surface area contributed by atoms with Gasteiger partial charge in [-0.25, -0.2) is 0 Å². The number of hydrogen-bond donors (Lipinski definition) is 0. The van der Waals surface area contributed by atoms with Crippen LogP contribution in [0.3, 0.4) is 0 Å². The fourth-order valence-electron chi connectivity index (χ4n) is 1.09. The smallest absolute Gasteiger partial charge is 0.419 e.